The van der Waals surface area contributed by atoms with Crippen molar-refractivity contribution in [3.63, 3.8) is 0 Å². The number of nitrogens with one attached hydrogen (secondary N) is 2. The number of H-pyrrole nitrogens is 1. The molecule has 0 aliphatic heterocycles. The molecule has 42 heavy (non-hydrogen) atoms. The fraction of sp³-hybridized carbons (Fsp3) is 0.353. The number of hydrogen-bond donors (Lipinski definition) is 3. The maximum absolute atomic E-state index is 13.5. The number of nitrogens with zero attached hydrogens (tertiary/aromatic N) is 1. The highest BCUT2D eigenvalue weighted by atomic mass is 16.6. The first-order chi connectivity index (χ1) is 20.1. The van der Waals surface area contributed by atoms with Gasteiger partial charge in [-0.1, -0.05) is 66.7 Å². The number of para-hydroxylation sites is 2. The summed E-state index contributed by atoms with van der Waals surface area (Å²) in [6.07, 6.45) is 1.98. The van der Waals surface area contributed by atoms with Crippen molar-refractivity contribution < 1.29 is 24.2 Å². The van der Waals surface area contributed by atoms with Gasteiger partial charge in [-0.15, -0.1) is 0 Å². The number of benzene rings is 3. The summed E-state index contributed by atoms with van der Waals surface area (Å²) in [5.41, 5.74) is 3.30. The molecule has 0 saturated heterocycles. The number of aromatic nitrogens is 1. The molecule has 1 amide bonds. The van der Waals surface area contributed by atoms with Gasteiger partial charge in [0.2, 0.25) is 0 Å². The van der Waals surface area contributed by atoms with Crippen LogP contribution in [0.25, 0.3) is 10.9 Å². The van der Waals surface area contributed by atoms with Gasteiger partial charge in [0.1, 0.15) is 18.0 Å². The lowest BCUT2D eigenvalue weighted by Gasteiger charge is -2.33. The number of rotatable bonds is 13. The highest BCUT2D eigenvalue weighted by molar-refractivity contribution is 5.83. The molecule has 222 valence electrons. The molecule has 3 aromatic carbocycles. The molecule has 0 spiro atoms. The third-order valence-corrected chi connectivity index (χ3v) is 7.05. The minimum absolute atomic E-state index is 0.0440. The molecule has 3 N–H and O–H groups in total. The third-order valence-electron chi connectivity index (χ3n) is 7.05. The fourth-order valence-electron chi connectivity index (χ4n) is 5.01. The van der Waals surface area contributed by atoms with E-state index in [1.165, 1.54) is 0 Å². The fourth-order valence-corrected chi connectivity index (χ4v) is 5.01. The Morgan fingerprint density at radius 1 is 0.976 bits per heavy atom. The van der Waals surface area contributed by atoms with Gasteiger partial charge in [0.25, 0.3) is 0 Å². The van der Waals surface area contributed by atoms with E-state index in [2.05, 4.69) is 10.3 Å². The van der Waals surface area contributed by atoms with E-state index in [0.29, 0.717) is 31.9 Å². The Morgan fingerprint density at radius 3 is 2.40 bits per heavy atom. The van der Waals surface area contributed by atoms with Crippen molar-refractivity contribution in [3.8, 4) is 5.75 Å². The average Bonchev–Trinajstić information content (AvgIpc) is 3.36. The van der Waals surface area contributed by atoms with Gasteiger partial charge in [-0.3, -0.25) is 4.79 Å². The predicted octanol–water partition coefficient (Wildman–Crippen LogP) is 6.72. The molecule has 8 nitrogen and oxygen atoms in total. The Labute approximate surface area is 247 Å². The molecule has 8 heteroatoms. The Bertz CT molecular complexity index is 1460. The number of aromatic amines is 1. The molecule has 0 bridgehead atoms. The van der Waals surface area contributed by atoms with Crippen LogP contribution in [0.15, 0.2) is 85.1 Å². The second kappa shape index (κ2) is 14.0. The SMILES string of the molecule is CC(c1ccccc1OCc1ccccc1)N(CCN[C@@H](CC(=O)O)Cc1c[nH]c2ccccc12)C(=O)OC(C)(C)C. The van der Waals surface area contributed by atoms with Crippen LogP contribution in [-0.4, -0.2) is 51.8 Å². The number of carbonyl (C=O) groups is 2. The summed E-state index contributed by atoms with van der Waals surface area (Å²) in [6, 6.07) is 24.9. The molecule has 0 aliphatic carbocycles. The van der Waals surface area contributed by atoms with E-state index in [4.69, 9.17) is 9.47 Å². The molecular formula is C34H41N3O5. The Kier molecular flexibility index (Phi) is 10.3. The Balaban J connectivity index is 1.49. The lowest BCUT2D eigenvalue weighted by Crippen LogP contribution is -2.44. The second-order valence-electron chi connectivity index (χ2n) is 11.5. The van der Waals surface area contributed by atoms with Crippen molar-refractivity contribution in [2.24, 2.45) is 0 Å². The van der Waals surface area contributed by atoms with Crippen LogP contribution < -0.4 is 10.1 Å². The van der Waals surface area contributed by atoms with Gasteiger partial charge in [0.05, 0.1) is 12.5 Å². The van der Waals surface area contributed by atoms with Crippen LogP contribution in [0, 0.1) is 0 Å². The van der Waals surface area contributed by atoms with Crippen LogP contribution in [0.3, 0.4) is 0 Å². The second-order valence-corrected chi connectivity index (χ2v) is 11.5. The molecule has 0 radical (unpaired) electrons. The van der Waals surface area contributed by atoms with Gasteiger partial charge in [-0.25, -0.2) is 4.79 Å². The molecule has 0 saturated carbocycles. The zero-order chi connectivity index (χ0) is 30.1. The van der Waals surface area contributed by atoms with E-state index in [1.807, 2.05) is 113 Å². The minimum atomic E-state index is -0.880. The normalized spacial score (nSPS) is 13.0. The highest BCUT2D eigenvalue weighted by Crippen LogP contribution is 2.31. The summed E-state index contributed by atoms with van der Waals surface area (Å²) in [5, 5.41) is 14.1. The number of carbonyl (C=O) groups excluding carboxylic acids is 1. The molecule has 1 unspecified atom stereocenters. The predicted molar refractivity (Wildman–Crippen MR) is 165 cm³/mol. The van der Waals surface area contributed by atoms with Crippen LogP contribution in [0.4, 0.5) is 4.79 Å². The van der Waals surface area contributed by atoms with Gasteiger partial charge < -0.3 is 29.8 Å². The van der Waals surface area contributed by atoms with Crippen molar-refractivity contribution >= 4 is 23.0 Å². The summed E-state index contributed by atoms with van der Waals surface area (Å²) >= 11 is 0. The van der Waals surface area contributed by atoms with E-state index in [0.717, 1.165) is 27.6 Å². The van der Waals surface area contributed by atoms with Crippen molar-refractivity contribution in [3.05, 3.63) is 102 Å². The number of amides is 1. The van der Waals surface area contributed by atoms with E-state index in [-0.39, 0.29) is 18.5 Å². The quantitative estimate of drug-likeness (QED) is 0.165. The summed E-state index contributed by atoms with van der Waals surface area (Å²) in [6.45, 7) is 8.58. The first kappa shape index (κ1) is 30.7. The number of ether oxygens (including phenoxy) is 2. The van der Waals surface area contributed by atoms with Crippen molar-refractivity contribution in [1.29, 1.82) is 0 Å². The first-order valence-corrected chi connectivity index (χ1v) is 14.4. The molecular weight excluding hydrogens is 530 g/mol. The van der Waals surface area contributed by atoms with Gasteiger partial charge in [-0.05, 0) is 57.4 Å². The maximum Gasteiger partial charge on any atom is 0.410 e. The molecule has 0 fully saturated rings. The summed E-state index contributed by atoms with van der Waals surface area (Å²) in [7, 11) is 0. The summed E-state index contributed by atoms with van der Waals surface area (Å²) in [5.74, 6) is -0.187. The molecule has 4 rings (SSSR count). The van der Waals surface area contributed by atoms with E-state index in [1.54, 1.807) is 4.90 Å². The average molecular weight is 572 g/mol. The number of fused-ring (bicyclic) bond motifs is 1. The Morgan fingerprint density at radius 2 is 1.67 bits per heavy atom. The van der Waals surface area contributed by atoms with Crippen LogP contribution >= 0.6 is 0 Å². The molecule has 1 aromatic heterocycles. The number of aliphatic carboxylic acids is 1. The largest absolute Gasteiger partial charge is 0.489 e. The van der Waals surface area contributed by atoms with Crippen molar-refractivity contribution in [2.45, 2.75) is 64.8 Å². The number of hydrogen-bond acceptors (Lipinski definition) is 5. The molecule has 4 aromatic rings. The summed E-state index contributed by atoms with van der Waals surface area (Å²) < 4.78 is 12.0. The van der Waals surface area contributed by atoms with E-state index < -0.39 is 17.7 Å². The highest BCUT2D eigenvalue weighted by Gasteiger charge is 2.28. The maximum atomic E-state index is 13.5. The smallest absolute Gasteiger partial charge is 0.410 e. The molecule has 1 heterocycles. The van der Waals surface area contributed by atoms with Crippen LogP contribution in [-0.2, 0) is 22.6 Å². The van der Waals surface area contributed by atoms with E-state index in [9.17, 15) is 14.7 Å². The summed E-state index contributed by atoms with van der Waals surface area (Å²) in [4.78, 5) is 30.1. The first-order valence-electron chi connectivity index (χ1n) is 14.4. The van der Waals surface area contributed by atoms with Crippen molar-refractivity contribution in [1.82, 2.24) is 15.2 Å². The van der Waals surface area contributed by atoms with Crippen LogP contribution in [0.2, 0.25) is 0 Å². The van der Waals surface area contributed by atoms with E-state index >= 15 is 0 Å². The lowest BCUT2D eigenvalue weighted by molar-refractivity contribution is -0.137. The van der Waals surface area contributed by atoms with Gasteiger partial charge in [0, 0.05) is 41.8 Å². The van der Waals surface area contributed by atoms with Gasteiger partial charge >= 0.3 is 12.1 Å². The standard InChI is InChI=1S/C34H41N3O5/c1-24(28-14-9-11-17-31(28)41-23-25-12-6-5-7-13-25)37(33(40)42-34(2,3)4)19-18-35-27(21-32(38)39)20-26-22-36-30-16-10-8-15-29(26)30/h5-17,22,24,27,35-36H,18-21,23H2,1-4H3,(H,38,39)/t24?,27-/m1/s1. The Hall–Kier alpha value is -4.30. The minimum Gasteiger partial charge on any atom is -0.489 e. The van der Waals surface area contributed by atoms with Gasteiger partial charge in [0.15, 0.2) is 0 Å². The third kappa shape index (κ3) is 8.60. The number of carboxylic acid groups (broad SMARTS) is 1. The lowest BCUT2D eigenvalue weighted by atomic mass is 10.0. The van der Waals surface area contributed by atoms with Gasteiger partial charge in [-0.2, -0.15) is 0 Å². The van der Waals surface area contributed by atoms with Crippen LogP contribution in [0.1, 0.15) is 56.8 Å². The van der Waals surface area contributed by atoms with Crippen molar-refractivity contribution in [2.75, 3.05) is 13.1 Å². The topological polar surface area (TPSA) is 104 Å². The van der Waals surface area contributed by atoms with Crippen LogP contribution in [0.5, 0.6) is 5.75 Å². The number of carboxylic acids is 1. The monoisotopic (exact) mass is 571 g/mol. The zero-order valence-electron chi connectivity index (χ0n) is 24.8. The zero-order valence-corrected chi connectivity index (χ0v) is 24.8. The molecule has 2 atom stereocenters. The molecule has 0 aliphatic rings.